The van der Waals surface area contributed by atoms with Crippen molar-refractivity contribution in [1.29, 1.82) is 5.26 Å². The van der Waals surface area contributed by atoms with Crippen molar-refractivity contribution in [3.8, 4) is 6.07 Å². The first-order valence-electron chi connectivity index (χ1n) is 5.57. The highest BCUT2D eigenvalue weighted by atomic mass is 28.3. The maximum atomic E-state index is 9.39. The maximum Gasteiger partial charge on any atom is 0.0990 e. The first-order valence-corrected chi connectivity index (χ1v) is 12.6. The smallest absolute Gasteiger partial charge is 0.0990 e. The van der Waals surface area contributed by atoms with Crippen LogP contribution in [0.25, 0.3) is 0 Å². The Labute approximate surface area is 100 Å². The molecule has 2 nitrogen and oxygen atoms in total. The molecule has 1 heterocycles. The molecule has 0 atom stereocenters. The Bertz CT molecular complexity index is 402. The van der Waals surface area contributed by atoms with Crippen molar-refractivity contribution >= 4 is 26.5 Å². The molecule has 0 saturated carbocycles. The van der Waals surface area contributed by atoms with Crippen LogP contribution in [0.4, 0.5) is 0 Å². The second-order valence-electron chi connectivity index (χ2n) is 6.22. The van der Waals surface area contributed by atoms with E-state index in [0.29, 0.717) is 0 Å². The van der Waals surface area contributed by atoms with Gasteiger partial charge in [-0.15, -0.1) is 0 Å². The molecule has 0 radical (unpaired) electrons. The largest absolute Gasteiger partial charge is 0.265 e. The van der Waals surface area contributed by atoms with Crippen LogP contribution in [0, 0.1) is 11.3 Å². The van der Waals surface area contributed by atoms with Gasteiger partial charge in [0.2, 0.25) is 0 Å². The van der Waals surface area contributed by atoms with E-state index in [1.54, 1.807) is 0 Å². The van der Waals surface area contributed by atoms with Crippen molar-refractivity contribution in [1.82, 2.24) is 4.98 Å². The Hall–Kier alpha value is -0.926. The summed E-state index contributed by atoms with van der Waals surface area (Å²) in [6.45, 7) is 13.6. The normalized spacial score (nSPS) is 12.3. The van der Waals surface area contributed by atoms with Crippen LogP contribution in [-0.4, -0.2) is 21.1 Å². The van der Waals surface area contributed by atoms with Gasteiger partial charge in [0.1, 0.15) is 0 Å². The number of hydrogen-bond donors (Lipinski definition) is 0. The van der Waals surface area contributed by atoms with Gasteiger partial charge < -0.3 is 0 Å². The fourth-order valence-electron chi connectivity index (χ4n) is 1.72. The summed E-state index contributed by atoms with van der Waals surface area (Å²) in [5, 5.41) is 11.8. The van der Waals surface area contributed by atoms with Crippen LogP contribution in [0.15, 0.2) is 12.4 Å². The second-order valence-corrected chi connectivity index (χ2v) is 16.3. The van der Waals surface area contributed by atoms with Gasteiger partial charge >= 0.3 is 0 Å². The molecule has 1 aromatic heterocycles. The molecule has 0 saturated heterocycles. The molecule has 0 unspecified atom stereocenters. The van der Waals surface area contributed by atoms with Gasteiger partial charge in [-0.05, 0) is 10.4 Å². The van der Waals surface area contributed by atoms with E-state index >= 15 is 0 Å². The van der Waals surface area contributed by atoms with Crippen molar-refractivity contribution in [2.45, 2.75) is 39.3 Å². The van der Waals surface area contributed by atoms with Crippen LogP contribution >= 0.6 is 0 Å². The number of nitrogens with zero attached hydrogens (tertiary/aromatic N) is 2. The van der Waals surface area contributed by atoms with Crippen molar-refractivity contribution in [3.63, 3.8) is 0 Å². The van der Waals surface area contributed by atoms with Gasteiger partial charge in [0.05, 0.1) is 27.8 Å². The van der Waals surface area contributed by atoms with Crippen LogP contribution < -0.4 is 10.4 Å². The van der Waals surface area contributed by atoms with E-state index in [4.69, 9.17) is 0 Å². The second kappa shape index (κ2) is 4.15. The fourth-order valence-corrected chi connectivity index (χ4v) is 4.65. The van der Waals surface area contributed by atoms with Crippen LogP contribution in [0.2, 0.25) is 39.3 Å². The molecule has 16 heavy (non-hydrogen) atoms. The predicted octanol–water partition coefficient (Wildman–Crippen LogP) is 2.04. The van der Waals surface area contributed by atoms with E-state index in [2.05, 4.69) is 50.3 Å². The van der Waals surface area contributed by atoms with Gasteiger partial charge in [-0.25, -0.2) is 0 Å². The molecule has 0 aromatic carbocycles. The number of rotatable bonds is 2. The monoisotopic (exact) mass is 248 g/mol. The first kappa shape index (κ1) is 13.1. The molecule has 0 aliphatic carbocycles. The average Bonchev–Trinajstić information content (AvgIpc) is 2.13. The zero-order chi connectivity index (χ0) is 12.6. The minimum Gasteiger partial charge on any atom is -0.265 e. The fraction of sp³-hybridized carbons (Fsp3) is 0.500. The molecule has 1 rings (SSSR count). The minimum absolute atomic E-state index is 0.910. The first-order chi connectivity index (χ1) is 7.18. The quantitative estimate of drug-likeness (QED) is 0.751. The standard InChI is InChI=1S/C12H20N2Si2/c1-15(2,3)11-8-14-9-12(10(11)7-13)16(4,5)6/h8-9H,1-6H3. The maximum absolute atomic E-state index is 9.39. The van der Waals surface area contributed by atoms with Gasteiger partial charge in [-0.2, -0.15) is 5.26 Å². The molecule has 0 N–H and O–H groups in total. The average molecular weight is 248 g/mol. The third kappa shape index (κ3) is 2.60. The summed E-state index contributed by atoms with van der Waals surface area (Å²) in [4.78, 5) is 4.34. The van der Waals surface area contributed by atoms with Crippen molar-refractivity contribution < 1.29 is 0 Å². The number of pyridine rings is 1. The van der Waals surface area contributed by atoms with Crippen molar-refractivity contribution in [2.75, 3.05) is 0 Å². The summed E-state index contributed by atoms with van der Waals surface area (Å²) in [6.07, 6.45) is 3.79. The lowest BCUT2D eigenvalue weighted by Crippen LogP contribution is -2.48. The van der Waals surface area contributed by atoms with Crippen molar-refractivity contribution in [3.05, 3.63) is 18.0 Å². The van der Waals surface area contributed by atoms with Crippen LogP contribution in [0.3, 0.4) is 0 Å². The molecular formula is C12H20N2Si2. The summed E-state index contributed by atoms with van der Waals surface area (Å²) >= 11 is 0. The van der Waals surface area contributed by atoms with Gasteiger partial charge in [0, 0.05) is 12.4 Å². The van der Waals surface area contributed by atoms with E-state index < -0.39 is 16.1 Å². The summed E-state index contributed by atoms with van der Waals surface area (Å²) in [5.41, 5.74) is 0.910. The Morgan fingerprint density at radius 2 is 1.31 bits per heavy atom. The Morgan fingerprint density at radius 1 is 0.938 bits per heavy atom. The number of aromatic nitrogens is 1. The summed E-state index contributed by atoms with van der Waals surface area (Å²) < 4.78 is 0. The molecule has 0 aliphatic rings. The molecule has 1 aromatic rings. The Kier molecular flexibility index (Phi) is 3.41. The molecule has 86 valence electrons. The molecule has 4 heteroatoms. The van der Waals surface area contributed by atoms with E-state index in [-0.39, 0.29) is 0 Å². The molecule has 0 bridgehead atoms. The van der Waals surface area contributed by atoms with Gasteiger partial charge in [0.25, 0.3) is 0 Å². The van der Waals surface area contributed by atoms with Crippen LogP contribution in [0.5, 0.6) is 0 Å². The Morgan fingerprint density at radius 3 is 1.56 bits per heavy atom. The lowest BCUT2D eigenvalue weighted by Gasteiger charge is -2.24. The van der Waals surface area contributed by atoms with Gasteiger partial charge in [0.15, 0.2) is 0 Å². The zero-order valence-electron chi connectivity index (χ0n) is 11.0. The highest BCUT2D eigenvalue weighted by Gasteiger charge is 2.27. The minimum atomic E-state index is -1.47. The molecule has 0 fully saturated rings. The third-order valence-electron chi connectivity index (χ3n) is 2.67. The zero-order valence-corrected chi connectivity index (χ0v) is 13.0. The summed E-state index contributed by atoms with van der Waals surface area (Å²) in [7, 11) is -2.94. The lowest BCUT2D eigenvalue weighted by molar-refractivity contribution is 1.34. The highest BCUT2D eigenvalue weighted by Crippen LogP contribution is 2.09. The van der Waals surface area contributed by atoms with E-state index in [1.807, 2.05) is 12.4 Å². The Balaban J connectivity index is 3.53. The van der Waals surface area contributed by atoms with Crippen molar-refractivity contribution in [2.24, 2.45) is 0 Å². The van der Waals surface area contributed by atoms with Gasteiger partial charge in [-0.1, -0.05) is 39.3 Å². The topological polar surface area (TPSA) is 36.7 Å². The number of nitriles is 1. The molecular weight excluding hydrogens is 228 g/mol. The third-order valence-corrected chi connectivity index (χ3v) is 6.66. The molecule has 0 amide bonds. The summed E-state index contributed by atoms with van der Waals surface area (Å²) in [6, 6.07) is 2.41. The van der Waals surface area contributed by atoms with Crippen LogP contribution in [-0.2, 0) is 0 Å². The van der Waals surface area contributed by atoms with E-state index in [1.165, 1.54) is 10.4 Å². The van der Waals surface area contributed by atoms with E-state index in [9.17, 15) is 5.26 Å². The highest BCUT2D eigenvalue weighted by molar-refractivity contribution is 6.92. The molecule has 0 aliphatic heterocycles. The molecule has 0 spiro atoms. The van der Waals surface area contributed by atoms with E-state index in [0.717, 1.165) is 5.56 Å². The SMILES string of the molecule is C[Si](C)(C)c1cncc([Si](C)(C)C)c1C#N. The van der Waals surface area contributed by atoms with Crippen LogP contribution in [0.1, 0.15) is 5.56 Å². The lowest BCUT2D eigenvalue weighted by atomic mass is 10.3. The number of hydrogen-bond acceptors (Lipinski definition) is 2. The van der Waals surface area contributed by atoms with Gasteiger partial charge in [-0.3, -0.25) is 4.98 Å². The summed E-state index contributed by atoms with van der Waals surface area (Å²) in [5.74, 6) is 0. The predicted molar refractivity (Wildman–Crippen MR) is 74.9 cm³/mol.